The van der Waals surface area contributed by atoms with E-state index < -0.39 is 0 Å². The van der Waals surface area contributed by atoms with Gasteiger partial charge >= 0.3 is 0 Å². The lowest BCUT2D eigenvalue weighted by Crippen LogP contribution is -2.15. The number of nitrogens with one attached hydrogen (secondary N) is 1. The minimum atomic E-state index is 0.414. The van der Waals surface area contributed by atoms with Crippen LogP contribution in [0.3, 0.4) is 0 Å². The minimum absolute atomic E-state index is 0.414. The second kappa shape index (κ2) is 5.31. The molecule has 0 amide bonds. The van der Waals surface area contributed by atoms with Gasteiger partial charge in [-0.3, -0.25) is 0 Å². The lowest BCUT2D eigenvalue weighted by molar-refractivity contribution is 0.577. The Morgan fingerprint density at radius 2 is 1.89 bits per heavy atom. The molecule has 0 aliphatic rings. The van der Waals surface area contributed by atoms with Gasteiger partial charge in [0.25, 0.3) is 0 Å². The van der Waals surface area contributed by atoms with Gasteiger partial charge in [-0.1, -0.05) is 19.1 Å². The Hall–Kier alpha value is -1.68. The maximum absolute atomic E-state index is 4.39. The van der Waals surface area contributed by atoms with Gasteiger partial charge in [-0.25, -0.2) is 9.67 Å². The topological polar surface area (TPSA) is 42.7 Å². The number of rotatable bonds is 4. The van der Waals surface area contributed by atoms with E-state index in [0.717, 1.165) is 23.8 Å². The van der Waals surface area contributed by atoms with Crippen LogP contribution < -0.4 is 5.32 Å². The van der Waals surface area contributed by atoms with Crippen LogP contribution in [0.1, 0.15) is 36.6 Å². The Morgan fingerprint density at radius 1 is 1.22 bits per heavy atom. The molecule has 0 saturated heterocycles. The highest BCUT2D eigenvalue weighted by Crippen LogP contribution is 2.18. The van der Waals surface area contributed by atoms with Crippen LogP contribution in [-0.4, -0.2) is 21.8 Å². The smallest absolute Gasteiger partial charge is 0.148 e. The largest absolute Gasteiger partial charge is 0.313 e. The van der Waals surface area contributed by atoms with E-state index in [1.807, 2.05) is 25.6 Å². The molecule has 0 aliphatic carbocycles. The van der Waals surface area contributed by atoms with E-state index >= 15 is 0 Å². The molecule has 0 fully saturated rings. The van der Waals surface area contributed by atoms with Gasteiger partial charge in [-0.15, -0.1) is 0 Å². The molecule has 4 heteroatoms. The van der Waals surface area contributed by atoms with Crippen molar-refractivity contribution in [1.29, 1.82) is 0 Å². The van der Waals surface area contributed by atoms with Crippen molar-refractivity contribution in [2.45, 2.75) is 33.2 Å². The van der Waals surface area contributed by atoms with Crippen molar-refractivity contribution < 1.29 is 0 Å². The number of aryl methyl sites for hydroxylation is 2. The average Bonchev–Trinajstić information content (AvgIpc) is 2.71. The van der Waals surface area contributed by atoms with Crippen molar-refractivity contribution >= 4 is 0 Å². The van der Waals surface area contributed by atoms with Crippen molar-refractivity contribution in [3.8, 4) is 5.69 Å². The molecule has 0 spiro atoms. The molecule has 1 aromatic heterocycles. The molecule has 4 nitrogen and oxygen atoms in total. The zero-order valence-corrected chi connectivity index (χ0v) is 11.4. The van der Waals surface area contributed by atoms with Crippen LogP contribution in [0.5, 0.6) is 0 Å². The Bertz CT molecular complexity index is 509. The number of nitrogens with zero attached hydrogens (tertiary/aromatic N) is 3. The molecule has 2 aromatic rings. The van der Waals surface area contributed by atoms with Gasteiger partial charge < -0.3 is 5.32 Å². The lowest BCUT2D eigenvalue weighted by atomic mass is 10.0. The number of hydrogen-bond donors (Lipinski definition) is 1. The molecule has 96 valence electrons. The van der Waals surface area contributed by atoms with E-state index in [1.165, 1.54) is 5.56 Å². The summed E-state index contributed by atoms with van der Waals surface area (Å²) < 4.78 is 1.87. The molecule has 1 N–H and O–H groups in total. The fourth-order valence-corrected chi connectivity index (χ4v) is 2.22. The summed E-state index contributed by atoms with van der Waals surface area (Å²) in [5.74, 6) is 1.72. The number of hydrogen-bond acceptors (Lipinski definition) is 3. The van der Waals surface area contributed by atoms with Crippen LogP contribution in [-0.2, 0) is 0 Å². The summed E-state index contributed by atoms with van der Waals surface area (Å²) in [7, 11) is 1.99. The van der Waals surface area contributed by atoms with Crippen LogP contribution in [0.4, 0.5) is 0 Å². The second-order valence-corrected chi connectivity index (χ2v) is 4.46. The molecular weight excluding hydrogens is 224 g/mol. The quantitative estimate of drug-likeness (QED) is 0.898. The first-order valence-corrected chi connectivity index (χ1v) is 6.33. The maximum Gasteiger partial charge on any atom is 0.148 e. The first-order chi connectivity index (χ1) is 8.65. The Labute approximate surface area is 108 Å². The fourth-order valence-electron chi connectivity index (χ4n) is 2.22. The summed E-state index contributed by atoms with van der Waals surface area (Å²) in [6.45, 7) is 6.06. The van der Waals surface area contributed by atoms with Crippen LogP contribution in [0.25, 0.3) is 5.69 Å². The van der Waals surface area contributed by atoms with Crippen LogP contribution >= 0.6 is 0 Å². The highest BCUT2D eigenvalue weighted by molar-refractivity contribution is 5.35. The third-order valence-corrected chi connectivity index (χ3v) is 3.17. The zero-order chi connectivity index (χ0) is 13.1. The van der Waals surface area contributed by atoms with E-state index in [9.17, 15) is 0 Å². The van der Waals surface area contributed by atoms with Gasteiger partial charge in [0.1, 0.15) is 11.6 Å². The predicted octanol–water partition coefficient (Wildman–Crippen LogP) is 2.55. The molecule has 0 radical (unpaired) electrons. The molecule has 18 heavy (non-hydrogen) atoms. The molecule has 0 bridgehead atoms. The van der Waals surface area contributed by atoms with E-state index in [2.05, 4.69) is 46.6 Å². The van der Waals surface area contributed by atoms with Crippen molar-refractivity contribution in [1.82, 2.24) is 20.1 Å². The van der Waals surface area contributed by atoms with Crippen molar-refractivity contribution in [2.75, 3.05) is 7.05 Å². The van der Waals surface area contributed by atoms with E-state index in [0.29, 0.717) is 6.04 Å². The summed E-state index contributed by atoms with van der Waals surface area (Å²) in [5, 5.41) is 7.69. The molecule has 2 rings (SSSR count). The average molecular weight is 244 g/mol. The molecule has 0 saturated carbocycles. The lowest BCUT2D eigenvalue weighted by Gasteiger charge is -2.14. The Morgan fingerprint density at radius 3 is 2.33 bits per heavy atom. The summed E-state index contributed by atoms with van der Waals surface area (Å²) in [6.07, 6.45) is 1.08. The van der Waals surface area contributed by atoms with Gasteiger partial charge in [-0.2, -0.15) is 5.10 Å². The van der Waals surface area contributed by atoms with Crippen molar-refractivity contribution in [3.63, 3.8) is 0 Å². The monoisotopic (exact) mass is 244 g/mol. The molecule has 1 unspecified atom stereocenters. The van der Waals surface area contributed by atoms with E-state index in [-0.39, 0.29) is 0 Å². The predicted molar refractivity (Wildman–Crippen MR) is 72.9 cm³/mol. The molecule has 1 heterocycles. The molecule has 1 atom stereocenters. The highest BCUT2D eigenvalue weighted by atomic mass is 15.3. The normalized spacial score (nSPS) is 12.7. The van der Waals surface area contributed by atoms with E-state index in [1.54, 1.807) is 0 Å². The maximum atomic E-state index is 4.39. The fraction of sp³-hybridized carbons (Fsp3) is 0.429. The Balaban J connectivity index is 2.30. The summed E-state index contributed by atoms with van der Waals surface area (Å²) in [5.41, 5.74) is 2.36. The van der Waals surface area contributed by atoms with Crippen LogP contribution in [0, 0.1) is 13.8 Å². The first-order valence-electron chi connectivity index (χ1n) is 6.33. The third-order valence-electron chi connectivity index (χ3n) is 3.17. The Kier molecular flexibility index (Phi) is 3.77. The highest BCUT2D eigenvalue weighted by Gasteiger charge is 2.08. The van der Waals surface area contributed by atoms with Gasteiger partial charge in [0.15, 0.2) is 0 Å². The first kappa shape index (κ1) is 12.8. The summed E-state index contributed by atoms with van der Waals surface area (Å²) >= 11 is 0. The minimum Gasteiger partial charge on any atom is -0.313 e. The summed E-state index contributed by atoms with van der Waals surface area (Å²) in [4.78, 5) is 4.32. The van der Waals surface area contributed by atoms with E-state index in [4.69, 9.17) is 0 Å². The SMILES string of the molecule is CCC(NC)c1ccc(-n2nc(C)nc2C)cc1. The van der Waals surface area contributed by atoms with Crippen molar-refractivity contribution in [3.05, 3.63) is 41.5 Å². The second-order valence-electron chi connectivity index (χ2n) is 4.46. The summed E-state index contributed by atoms with van der Waals surface area (Å²) in [6, 6.07) is 8.90. The van der Waals surface area contributed by atoms with Crippen LogP contribution in [0.2, 0.25) is 0 Å². The standard InChI is InChI=1S/C14H20N4/c1-5-14(15-4)12-6-8-13(9-7-12)18-11(3)16-10(2)17-18/h6-9,14-15H,5H2,1-4H3. The van der Waals surface area contributed by atoms with Gasteiger partial charge in [0.05, 0.1) is 5.69 Å². The zero-order valence-electron chi connectivity index (χ0n) is 11.4. The molecule has 1 aromatic carbocycles. The number of benzene rings is 1. The van der Waals surface area contributed by atoms with Gasteiger partial charge in [0.2, 0.25) is 0 Å². The van der Waals surface area contributed by atoms with Gasteiger partial charge in [-0.05, 0) is 45.0 Å². The molecular formula is C14H20N4. The van der Waals surface area contributed by atoms with Crippen LogP contribution in [0.15, 0.2) is 24.3 Å². The number of aromatic nitrogens is 3. The van der Waals surface area contributed by atoms with Gasteiger partial charge in [0, 0.05) is 6.04 Å². The van der Waals surface area contributed by atoms with Crippen molar-refractivity contribution in [2.24, 2.45) is 0 Å². The third kappa shape index (κ3) is 2.43. The molecule has 0 aliphatic heterocycles.